The summed E-state index contributed by atoms with van der Waals surface area (Å²) < 4.78 is 34.5. The van der Waals surface area contributed by atoms with Crippen molar-refractivity contribution in [3.8, 4) is 5.75 Å². The molecule has 6 rings (SSSR count). The Morgan fingerprint density at radius 3 is 2.18 bits per heavy atom. The van der Waals surface area contributed by atoms with Crippen LogP contribution in [0.3, 0.4) is 0 Å². The predicted octanol–water partition coefficient (Wildman–Crippen LogP) is 4.73. The molecule has 28 heavy (non-hydrogen) atoms. The first-order chi connectivity index (χ1) is 13.5. The molecule has 0 radical (unpaired) electrons. The molecule has 4 bridgehead atoms. The van der Waals surface area contributed by atoms with Crippen LogP contribution >= 0.6 is 0 Å². The fourth-order valence-electron chi connectivity index (χ4n) is 6.78. The number of sulfonamides is 1. The van der Waals surface area contributed by atoms with Crippen LogP contribution in [-0.4, -0.2) is 22.1 Å². The summed E-state index contributed by atoms with van der Waals surface area (Å²) in [6.07, 6.45) is 9.17. The molecule has 4 nitrogen and oxygen atoms in total. The van der Waals surface area contributed by atoms with Crippen molar-refractivity contribution in [2.75, 3.05) is 13.7 Å². The normalized spacial score (nSPS) is 31.4. The van der Waals surface area contributed by atoms with Gasteiger partial charge in [0.25, 0.3) is 0 Å². The second-order valence-corrected chi connectivity index (χ2v) is 11.1. The Morgan fingerprint density at radius 2 is 1.57 bits per heavy atom. The summed E-state index contributed by atoms with van der Waals surface area (Å²) in [6.45, 7) is 0.537. The van der Waals surface area contributed by atoms with Gasteiger partial charge in [-0.05, 0) is 80.2 Å². The van der Waals surface area contributed by atoms with Crippen LogP contribution in [0.2, 0.25) is 0 Å². The second-order valence-electron chi connectivity index (χ2n) is 9.38. The summed E-state index contributed by atoms with van der Waals surface area (Å²) in [7, 11) is -1.94. The molecule has 0 amide bonds. The Balaban J connectivity index is 1.34. The monoisotopic (exact) mass is 399 g/mol. The molecule has 0 saturated heterocycles. The molecule has 0 unspecified atom stereocenters. The van der Waals surface area contributed by atoms with E-state index >= 15 is 0 Å². The van der Waals surface area contributed by atoms with Crippen molar-refractivity contribution in [1.82, 2.24) is 4.72 Å². The lowest BCUT2D eigenvalue weighted by molar-refractivity contribution is -0.0561. The third kappa shape index (κ3) is 3.13. The molecule has 4 aliphatic carbocycles. The van der Waals surface area contributed by atoms with Gasteiger partial charge in [-0.25, -0.2) is 13.1 Å². The van der Waals surface area contributed by atoms with Crippen LogP contribution in [0, 0.1) is 23.2 Å². The van der Waals surface area contributed by atoms with Crippen molar-refractivity contribution in [1.29, 1.82) is 0 Å². The molecule has 0 aliphatic heterocycles. The quantitative estimate of drug-likeness (QED) is 0.764. The van der Waals surface area contributed by atoms with E-state index in [9.17, 15) is 8.42 Å². The molecule has 4 fully saturated rings. The number of benzene rings is 2. The topological polar surface area (TPSA) is 55.4 Å². The van der Waals surface area contributed by atoms with Gasteiger partial charge in [0.15, 0.2) is 0 Å². The van der Waals surface area contributed by atoms with Crippen LogP contribution in [0.1, 0.15) is 44.9 Å². The zero-order valence-corrected chi connectivity index (χ0v) is 17.3. The number of hydrogen-bond donors (Lipinski definition) is 1. The minimum atomic E-state index is -3.55. The highest BCUT2D eigenvalue weighted by Crippen LogP contribution is 2.61. The number of methoxy groups -OCH3 is 1. The highest BCUT2D eigenvalue weighted by atomic mass is 32.2. The van der Waals surface area contributed by atoms with Gasteiger partial charge in [-0.2, -0.15) is 0 Å². The zero-order valence-electron chi connectivity index (χ0n) is 16.5. The molecule has 5 heteroatoms. The van der Waals surface area contributed by atoms with Crippen molar-refractivity contribution in [3.05, 3.63) is 36.4 Å². The van der Waals surface area contributed by atoms with Gasteiger partial charge in [0, 0.05) is 17.3 Å². The van der Waals surface area contributed by atoms with Gasteiger partial charge in [0.05, 0.1) is 12.0 Å². The van der Waals surface area contributed by atoms with E-state index in [1.54, 1.807) is 19.2 Å². The van der Waals surface area contributed by atoms with E-state index in [1.807, 2.05) is 24.3 Å². The van der Waals surface area contributed by atoms with Crippen LogP contribution in [0.15, 0.2) is 41.3 Å². The lowest BCUT2D eigenvalue weighted by atomic mass is 9.49. The van der Waals surface area contributed by atoms with Crippen LogP contribution in [-0.2, 0) is 10.0 Å². The predicted molar refractivity (Wildman–Crippen MR) is 111 cm³/mol. The molecule has 0 spiro atoms. The molecule has 2 aromatic carbocycles. The lowest BCUT2D eigenvalue weighted by Gasteiger charge is -2.57. The molecule has 0 aromatic heterocycles. The van der Waals surface area contributed by atoms with E-state index in [-0.39, 0.29) is 0 Å². The maximum absolute atomic E-state index is 13.1. The zero-order chi connectivity index (χ0) is 19.4. The summed E-state index contributed by atoms with van der Waals surface area (Å²) in [4.78, 5) is 0.342. The summed E-state index contributed by atoms with van der Waals surface area (Å²) in [6, 6.07) is 10.9. The van der Waals surface area contributed by atoms with E-state index in [4.69, 9.17) is 4.74 Å². The first kappa shape index (κ1) is 18.4. The minimum absolute atomic E-state index is 0.342. The molecule has 0 atom stereocenters. The van der Waals surface area contributed by atoms with Crippen molar-refractivity contribution in [3.63, 3.8) is 0 Å². The molecule has 150 valence electrons. The summed E-state index contributed by atoms with van der Waals surface area (Å²) in [5.41, 5.74) is 0.388. The first-order valence-corrected chi connectivity index (χ1v) is 12.0. The van der Waals surface area contributed by atoms with E-state index < -0.39 is 10.0 Å². The maximum atomic E-state index is 13.1. The Bertz CT molecular complexity index is 963. The number of ether oxygens (including phenoxy) is 1. The van der Waals surface area contributed by atoms with E-state index in [2.05, 4.69) is 4.72 Å². The number of fused-ring (bicyclic) bond motifs is 1. The molecule has 4 aliphatic rings. The standard InChI is InChI=1S/C23H29NO3S/c1-27-21-6-7-22(20-5-3-2-4-19(20)21)28(25,26)24-9-8-23-13-16-10-17(14-23)12-18(11-16)15-23/h2-7,16-18,24H,8-15H2,1H3. The number of hydrogen-bond acceptors (Lipinski definition) is 3. The molecule has 0 heterocycles. The van der Waals surface area contributed by atoms with Crippen molar-refractivity contribution in [2.45, 2.75) is 49.8 Å². The smallest absolute Gasteiger partial charge is 0.241 e. The second kappa shape index (κ2) is 6.74. The molecular formula is C23H29NO3S. The van der Waals surface area contributed by atoms with E-state index in [0.717, 1.165) is 29.6 Å². The van der Waals surface area contributed by atoms with E-state index in [1.165, 1.54) is 38.5 Å². The Labute approximate surface area is 167 Å². The van der Waals surface area contributed by atoms with Crippen molar-refractivity contribution in [2.24, 2.45) is 23.2 Å². The highest BCUT2D eigenvalue weighted by Gasteiger charge is 2.50. The Hall–Kier alpha value is -1.59. The van der Waals surface area contributed by atoms with Crippen LogP contribution < -0.4 is 9.46 Å². The molecular weight excluding hydrogens is 370 g/mol. The van der Waals surface area contributed by atoms with Gasteiger partial charge in [-0.15, -0.1) is 0 Å². The van der Waals surface area contributed by atoms with E-state index in [0.29, 0.717) is 28.0 Å². The van der Waals surface area contributed by atoms with Crippen molar-refractivity contribution < 1.29 is 13.2 Å². The maximum Gasteiger partial charge on any atom is 0.241 e. The molecule has 1 N–H and O–H groups in total. The fourth-order valence-corrected chi connectivity index (χ4v) is 8.02. The van der Waals surface area contributed by atoms with Gasteiger partial charge in [0.2, 0.25) is 10.0 Å². The summed E-state index contributed by atoms with van der Waals surface area (Å²) >= 11 is 0. The number of nitrogens with one attached hydrogen (secondary N) is 1. The van der Waals surface area contributed by atoms with Gasteiger partial charge < -0.3 is 4.74 Å². The average Bonchev–Trinajstić information content (AvgIpc) is 2.65. The van der Waals surface area contributed by atoms with Gasteiger partial charge in [-0.1, -0.05) is 24.3 Å². The average molecular weight is 400 g/mol. The Kier molecular flexibility index (Phi) is 4.44. The molecule has 2 aromatic rings. The minimum Gasteiger partial charge on any atom is -0.496 e. The largest absolute Gasteiger partial charge is 0.496 e. The first-order valence-electron chi connectivity index (χ1n) is 10.5. The van der Waals surface area contributed by atoms with Gasteiger partial charge in [0.1, 0.15) is 5.75 Å². The van der Waals surface area contributed by atoms with Crippen LogP contribution in [0.25, 0.3) is 10.8 Å². The fraction of sp³-hybridized carbons (Fsp3) is 0.565. The lowest BCUT2D eigenvalue weighted by Crippen LogP contribution is -2.47. The Morgan fingerprint density at radius 1 is 0.964 bits per heavy atom. The number of rotatable bonds is 6. The van der Waals surface area contributed by atoms with Crippen LogP contribution in [0.5, 0.6) is 5.75 Å². The van der Waals surface area contributed by atoms with Gasteiger partial charge >= 0.3 is 0 Å². The van der Waals surface area contributed by atoms with Crippen LogP contribution in [0.4, 0.5) is 0 Å². The van der Waals surface area contributed by atoms with Gasteiger partial charge in [-0.3, -0.25) is 0 Å². The third-order valence-corrected chi connectivity index (χ3v) is 8.99. The highest BCUT2D eigenvalue weighted by molar-refractivity contribution is 7.89. The third-order valence-electron chi connectivity index (χ3n) is 7.47. The summed E-state index contributed by atoms with van der Waals surface area (Å²) in [5.74, 6) is 3.39. The SMILES string of the molecule is COc1ccc(S(=O)(=O)NCCC23CC4CC(CC(C4)C2)C3)c2ccccc12. The van der Waals surface area contributed by atoms with Crippen molar-refractivity contribution >= 4 is 20.8 Å². The molecule has 4 saturated carbocycles. The summed E-state index contributed by atoms with van der Waals surface area (Å²) in [5, 5.41) is 1.54.